The molecule has 0 aliphatic carbocycles. The van der Waals surface area contributed by atoms with E-state index in [1.54, 1.807) is 19.9 Å². The second-order valence-electron chi connectivity index (χ2n) is 7.71. The van der Waals surface area contributed by atoms with Crippen LogP contribution in [0.25, 0.3) is 0 Å². The molecule has 1 unspecified atom stereocenters. The summed E-state index contributed by atoms with van der Waals surface area (Å²) in [4.78, 5) is 6.47. The summed E-state index contributed by atoms with van der Waals surface area (Å²) in [6, 6.07) is 3.02. The first-order valence-corrected chi connectivity index (χ1v) is 13.1. The Hall–Kier alpha value is -2.02. The molecule has 0 spiro atoms. The molecule has 172 valence electrons. The third kappa shape index (κ3) is 5.08. The van der Waals surface area contributed by atoms with Gasteiger partial charge in [0.1, 0.15) is 21.3 Å². The SMILES string of the molecule is CCCC(C)NS(=O)(=O)c1ccc(N2CCN(S(=O)(=O)c3c(C)noc3C)CC2)nc1. The lowest BCUT2D eigenvalue weighted by Crippen LogP contribution is -2.49. The van der Waals surface area contributed by atoms with Crippen molar-refractivity contribution in [2.75, 3.05) is 31.1 Å². The van der Waals surface area contributed by atoms with Crippen LogP contribution in [-0.4, -0.2) is 63.5 Å². The third-order valence-corrected chi connectivity index (χ3v) is 8.96. The Balaban J connectivity index is 1.66. The first kappa shape index (κ1) is 23.6. The van der Waals surface area contributed by atoms with Crippen molar-refractivity contribution in [1.82, 2.24) is 19.2 Å². The Kier molecular flexibility index (Phi) is 7.04. The Bertz CT molecular complexity index is 1090. The number of aryl methyl sites for hydroxylation is 2. The van der Waals surface area contributed by atoms with Crippen LogP contribution in [-0.2, 0) is 20.0 Å². The molecule has 2 aromatic heterocycles. The average molecular weight is 472 g/mol. The maximum atomic E-state index is 12.9. The van der Waals surface area contributed by atoms with Gasteiger partial charge in [0.25, 0.3) is 0 Å². The number of rotatable bonds is 8. The molecule has 2 aromatic rings. The molecule has 12 heteroatoms. The van der Waals surface area contributed by atoms with Gasteiger partial charge in [0.15, 0.2) is 5.76 Å². The number of pyridine rings is 1. The van der Waals surface area contributed by atoms with Gasteiger partial charge in [-0.15, -0.1) is 0 Å². The highest BCUT2D eigenvalue weighted by molar-refractivity contribution is 7.89. The van der Waals surface area contributed by atoms with Crippen molar-refractivity contribution in [1.29, 1.82) is 0 Å². The van der Waals surface area contributed by atoms with Crippen LogP contribution < -0.4 is 9.62 Å². The number of hydrogen-bond acceptors (Lipinski definition) is 8. The summed E-state index contributed by atoms with van der Waals surface area (Å²) in [5.74, 6) is 0.884. The number of sulfonamides is 2. The lowest BCUT2D eigenvalue weighted by atomic mass is 10.2. The molecule has 1 fully saturated rings. The Morgan fingerprint density at radius 2 is 1.81 bits per heavy atom. The van der Waals surface area contributed by atoms with Gasteiger partial charge in [0.2, 0.25) is 20.0 Å². The minimum atomic E-state index is -3.69. The van der Waals surface area contributed by atoms with Crippen LogP contribution in [0.1, 0.15) is 38.1 Å². The van der Waals surface area contributed by atoms with Crippen LogP contribution in [0.15, 0.2) is 32.6 Å². The van der Waals surface area contributed by atoms with E-state index < -0.39 is 20.0 Å². The highest BCUT2D eigenvalue weighted by Gasteiger charge is 2.33. The molecule has 1 N–H and O–H groups in total. The molecule has 1 saturated heterocycles. The molecule has 31 heavy (non-hydrogen) atoms. The second-order valence-corrected chi connectivity index (χ2v) is 11.3. The van der Waals surface area contributed by atoms with Gasteiger partial charge in [-0.3, -0.25) is 0 Å². The Morgan fingerprint density at radius 1 is 1.13 bits per heavy atom. The van der Waals surface area contributed by atoms with Crippen molar-refractivity contribution < 1.29 is 21.4 Å². The van der Waals surface area contributed by atoms with E-state index in [9.17, 15) is 16.8 Å². The Labute approximate surface area is 183 Å². The second kappa shape index (κ2) is 9.23. The van der Waals surface area contributed by atoms with Gasteiger partial charge >= 0.3 is 0 Å². The molecule has 0 amide bonds. The van der Waals surface area contributed by atoms with Crippen LogP contribution >= 0.6 is 0 Å². The lowest BCUT2D eigenvalue weighted by Gasteiger charge is -2.34. The van der Waals surface area contributed by atoms with Crippen molar-refractivity contribution >= 4 is 25.9 Å². The molecule has 1 atom stereocenters. The fourth-order valence-electron chi connectivity index (χ4n) is 3.67. The highest BCUT2D eigenvalue weighted by Crippen LogP contribution is 2.25. The molecular weight excluding hydrogens is 442 g/mol. The van der Waals surface area contributed by atoms with Gasteiger partial charge in [-0.1, -0.05) is 18.5 Å². The van der Waals surface area contributed by atoms with Crippen molar-refractivity contribution in [3.63, 3.8) is 0 Å². The molecule has 0 aromatic carbocycles. The lowest BCUT2D eigenvalue weighted by molar-refractivity contribution is 0.378. The first-order valence-electron chi connectivity index (χ1n) is 10.2. The van der Waals surface area contributed by atoms with E-state index in [0.717, 1.165) is 12.8 Å². The van der Waals surface area contributed by atoms with E-state index in [2.05, 4.69) is 14.9 Å². The van der Waals surface area contributed by atoms with Gasteiger partial charge in [-0.25, -0.2) is 26.5 Å². The quantitative estimate of drug-likeness (QED) is 0.616. The normalized spacial score (nSPS) is 17.1. The smallest absolute Gasteiger partial charge is 0.248 e. The van der Waals surface area contributed by atoms with E-state index in [1.165, 1.54) is 16.6 Å². The van der Waals surface area contributed by atoms with Crippen LogP contribution in [0.5, 0.6) is 0 Å². The van der Waals surface area contributed by atoms with Crippen molar-refractivity contribution in [3.05, 3.63) is 29.8 Å². The average Bonchev–Trinajstić information content (AvgIpc) is 3.07. The number of hydrogen-bond donors (Lipinski definition) is 1. The van der Waals surface area contributed by atoms with E-state index in [0.29, 0.717) is 24.6 Å². The zero-order valence-electron chi connectivity index (χ0n) is 18.2. The van der Waals surface area contributed by atoms with E-state index in [1.807, 2.05) is 18.7 Å². The van der Waals surface area contributed by atoms with Crippen molar-refractivity contribution in [2.24, 2.45) is 0 Å². The summed E-state index contributed by atoms with van der Waals surface area (Å²) in [5, 5.41) is 3.74. The molecular formula is C19H29N5O5S2. The number of nitrogens with zero attached hydrogens (tertiary/aromatic N) is 4. The summed E-state index contributed by atoms with van der Waals surface area (Å²) < 4.78 is 59.9. The predicted molar refractivity (Wildman–Crippen MR) is 116 cm³/mol. The highest BCUT2D eigenvalue weighted by atomic mass is 32.2. The zero-order chi connectivity index (χ0) is 22.8. The fraction of sp³-hybridized carbons (Fsp3) is 0.579. The van der Waals surface area contributed by atoms with E-state index in [-0.39, 0.29) is 34.7 Å². The zero-order valence-corrected chi connectivity index (χ0v) is 19.8. The summed E-state index contributed by atoms with van der Waals surface area (Å²) in [6.45, 7) is 8.46. The van der Waals surface area contributed by atoms with Crippen LogP contribution in [0.4, 0.5) is 5.82 Å². The predicted octanol–water partition coefficient (Wildman–Crippen LogP) is 1.66. The van der Waals surface area contributed by atoms with Gasteiger partial charge in [-0.2, -0.15) is 4.31 Å². The summed E-state index contributed by atoms with van der Waals surface area (Å²) in [6.07, 6.45) is 2.98. The largest absolute Gasteiger partial charge is 0.360 e. The molecule has 3 rings (SSSR count). The minimum Gasteiger partial charge on any atom is -0.360 e. The van der Waals surface area contributed by atoms with Crippen LogP contribution in [0.3, 0.4) is 0 Å². The summed E-state index contributed by atoms with van der Waals surface area (Å²) in [7, 11) is -7.31. The molecule has 0 bridgehead atoms. The molecule has 3 heterocycles. The van der Waals surface area contributed by atoms with Gasteiger partial charge in [0, 0.05) is 38.4 Å². The minimum absolute atomic E-state index is 0.110. The maximum Gasteiger partial charge on any atom is 0.248 e. The number of nitrogens with one attached hydrogen (secondary N) is 1. The van der Waals surface area contributed by atoms with Crippen molar-refractivity contribution in [2.45, 2.75) is 56.4 Å². The number of anilines is 1. The molecule has 0 saturated carbocycles. The maximum absolute atomic E-state index is 12.9. The van der Waals surface area contributed by atoms with Crippen molar-refractivity contribution in [3.8, 4) is 0 Å². The van der Waals surface area contributed by atoms with Gasteiger partial charge in [0.05, 0.1) is 0 Å². The summed E-state index contributed by atoms with van der Waals surface area (Å²) >= 11 is 0. The molecule has 1 aliphatic heterocycles. The fourth-order valence-corrected chi connectivity index (χ4v) is 6.61. The molecule has 0 radical (unpaired) electrons. The van der Waals surface area contributed by atoms with Gasteiger partial charge in [-0.05, 0) is 39.3 Å². The topological polar surface area (TPSA) is 126 Å². The molecule has 1 aliphatic rings. The van der Waals surface area contributed by atoms with E-state index >= 15 is 0 Å². The molecule has 10 nitrogen and oxygen atoms in total. The van der Waals surface area contributed by atoms with Gasteiger partial charge < -0.3 is 9.42 Å². The standard InChI is InChI=1S/C19H29N5O5S2/c1-5-6-14(2)22-30(25,26)17-7-8-18(20-13-17)23-9-11-24(12-10-23)31(27,28)19-15(3)21-29-16(19)4/h7-8,13-14,22H,5-6,9-12H2,1-4H3. The van der Waals surface area contributed by atoms with E-state index in [4.69, 9.17) is 4.52 Å². The van der Waals surface area contributed by atoms with Crippen LogP contribution in [0.2, 0.25) is 0 Å². The van der Waals surface area contributed by atoms with Crippen LogP contribution in [0, 0.1) is 13.8 Å². The monoisotopic (exact) mass is 471 g/mol. The number of piperazine rings is 1. The first-order chi connectivity index (χ1) is 14.6. The number of aromatic nitrogens is 2. The Morgan fingerprint density at radius 3 is 2.32 bits per heavy atom. The summed E-state index contributed by atoms with van der Waals surface area (Å²) in [5.41, 5.74) is 0.347. The third-order valence-electron chi connectivity index (χ3n) is 5.24.